The third kappa shape index (κ3) is 4.60. The lowest BCUT2D eigenvalue weighted by molar-refractivity contribution is -0.142. The first-order valence-electron chi connectivity index (χ1n) is 10.4. The van der Waals surface area contributed by atoms with Crippen LogP contribution in [0.4, 0.5) is 5.69 Å². The number of benzene rings is 2. The monoisotopic (exact) mass is 420 g/mol. The molecule has 1 heterocycles. The number of carbonyl (C=O) groups excluding carboxylic acids is 3. The van der Waals surface area contributed by atoms with E-state index in [1.807, 2.05) is 43.3 Å². The van der Waals surface area contributed by atoms with Crippen molar-refractivity contribution in [2.45, 2.75) is 19.8 Å². The molecule has 1 N–H and O–H groups in total. The number of likely N-dealkylation sites (tertiary alicyclic amines) is 1. The van der Waals surface area contributed by atoms with Crippen molar-refractivity contribution in [1.29, 1.82) is 0 Å². The summed E-state index contributed by atoms with van der Waals surface area (Å²) < 4.78 is 11.2. The Hall–Kier alpha value is -3.61. The smallest absolute Gasteiger partial charge is 0.244 e. The molecule has 1 aliphatic heterocycles. The third-order valence-corrected chi connectivity index (χ3v) is 5.41. The van der Waals surface area contributed by atoms with Gasteiger partial charge in [0.15, 0.2) is 0 Å². The molecule has 0 spiro atoms. The quantitative estimate of drug-likeness (QED) is 0.545. The number of hydrogen-bond donors (Lipinski definition) is 1. The largest absolute Gasteiger partial charge is 0.494 e. The maximum atomic E-state index is 12.5. The standard InChI is InChI=1S/C24H24N2O5/c1-2-30-17-11-13-19(14-12-17)31-18-9-7-16(8-10-18)25-22(27)15-26-23(28)20-5-3-4-6-21(20)24(26)29/h3-4,7-14,20-21H,2,5-6,15H2,1H3,(H,25,27)/t20-,21+. The summed E-state index contributed by atoms with van der Waals surface area (Å²) in [7, 11) is 0. The first kappa shape index (κ1) is 20.7. The van der Waals surface area contributed by atoms with Crippen LogP contribution in [0.1, 0.15) is 19.8 Å². The number of nitrogens with zero attached hydrogens (tertiary/aromatic N) is 1. The van der Waals surface area contributed by atoms with Crippen molar-refractivity contribution in [3.8, 4) is 17.2 Å². The van der Waals surface area contributed by atoms with Crippen LogP contribution in [-0.2, 0) is 14.4 Å². The summed E-state index contributed by atoms with van der Waals surface area (Å²) in [5.74, 6) is 0.480. The second-order valence-electron chi connectivity index (χ2n) is 7.50. The molecule has 0 saturated carbocycles. The number of imide groups is 1. The number of allylic oxidation sites excluding steroid dienone is 2. The number of amides is 3. The van der Waals surface area contributed by atoms with Crippen LogP contribution in [-0.4, -0.2) is 35.8 Å². The van der Waals surface area contributed by atoms with E-state index in [1.165, 1.54) is 0 Å². The fourth-order valence-corrected chi connectivity index (χ4v) is 3.88. The Morgan fingerprint density at radius 3 is 1.97 bits per heavy atom. The molecule has 2 aliphatic rings. The zero-order chi connectivity index (χ0) is 21.8. The summed E-state index contributed by atoms with van der Waals surface area (Å²) in [5.41, 5.74) is 0.558. The number of hydrogen-bond acceptors (Lipinski definition) is 5. The molecule has 0 aromatic heterocycles. The number of anilines is 1. The normalized spacial score (nSPS) is 19.8. The minimum absolute atomic E-state index is 0.256. The van der Waals surface area contributed by atoms with Crippen LogP contribution in [0, 0.1) is 11.8 Å². The van der Waals surface area contributed by atoms with Gasteiger partial charge in [-0.05, 0) is 68.3 Å². The van der Waals surface area contributed by atoms with E-state index in [-0.39, 0.29) is 30.2 Å². The first-order valence-corrected chi connectivity index (χ1v) is 10.4. The van der Waals surface area contributed by atoms with Gasteiger partial charge in [-0.3, -0.25) is 19.3 Å². The SMILES string of the molecule is CCOc1ccc(Oc2ccc(NC(=O)CN3C(=O)[C@H]4CC=CC[C@H]4C3=O)cc2)cc1. The second kappa shape index (κ2) is 9.04. The van der Waals surface area contributed by atoms with Gasteiger partial charge in [-0.25, -0.2) is 0 Å². The first-order chi connectivity index (χ1) is 15.0. The van der Waals surface area contributed by atoms with Gasteiger partial charge in [0.05, 0.1) is 18.4 Å². The molecule has 3 amide bonds. The van der Waals surface area contributed by atoms with Crippen molar-refractivity contribution in [3.05, 3.63) is 60.7 Å². The Balaban J connectivity index is 1.32. The fraction of sp³-hybridized carbons (Fsp3) is 0.292. The fourth-order valence-electron chi connectivity index (χ4n) is 3.88. The van der Waals surface area contributed by atoms with E-state index in [9.17, 15) is 14.4 Å². The highest BCUT2D eigenvalue weighted by Crippen LogP contribution is 2.35. The number of fused-ring (bicyclic) bond motifs is 1. The van der Waals surface area contributed by atoms with Crippen molar-refractivity contribution in [2.24, 2.45) is 11.8 Å². The van der Waals surface area contributed by atoms with Gasteiger partial charge in [0, 0.05) is 5.69 Å². The van der Waals surface area contributed by atoms with Crippen molar-refractivity contribution in [2.75, 3.05) is 18.5 Å². The summed E-state index contributed by atoms with van der Waals surface area (Å²) in [6, 6.07) is 14.2. The summed E-state index contributed by atoms with van der Waals surface area (Å²) >= 11 is 0. The van der Waals surface area contributed by atoms with E-state index in [1.54, 1.807) is 24.3 Å². The van der Waals surface area contributed by atoms with E-state index < -0.39 is 5.91 Å². The molecule has 7 heteroatoms. The number of rotatable bonds is 7. The highest BCUT2D eigenvalue weighted by atomic mass is 16.5. The molecule has 0 unspecified atom stereocenters. The topological polar surface area (TPSA) is 84.9 Å². The molecule has 160 valence electrons. The lowest BCUT2D eigenvalue weighted by atomic mass is 9.85. The molecule has 0 radical (unpaired) electrons. The molecule has 1 aliphatic carbocycles. The van der Waals surface area contributed by atoms with Crippen LogP contribution < -0.4 is 14.8 Å². The Morgan fingerprint density at radius 1 is 0.903 bits per heavy atom. The molecule has 1 fully saturated rings. The predicted molar refractivity (Wildman–Crippen MR) is 115 cm³/mol. The van der Waals surface area contributed by atoms with Gasteiger partial charge in [-0.15, -0.1) is 0 Å². The van der Waals surface area contributed by atoms with E-state index in [2.05, 4.69) is 5.32 Å². The van der Waals surface area contributed by atoms with Gasteiger partial charge in [-0.2, -0.15) is 0 Å². The summed E-state index contributed by atoms with van der Waals surface area (Å²) in [5, 5.41) is 2.73. The third-order valence-electron chi connectivity index (χ3n) is 5.41. The molecule has 7 nitrogen and oxygen atoms in total. The van der Waals surface area contributed by atoms with Crippen LogP contribution in [0.2, 0.25) is 0 Å². The van der Waals surface area contributed by atoms with Crippen molar-refractivity contribution < 1.29 is 23.9 Å². The molecule has 2 aromatic rings. The Labute approximate surface area is 180 Å². The summed E-state index contributed by atoms with van der Waals surface area (Å²) in [6.07, 6.45) is 4.96. The minimum Gasteiger partial charge on any atom is -0.494 e. The van der Waals surface area contributed by atoms with E-state index >= 15 is 0 Å². The van der Waals surface area contributed by atoms with Gasteiger partial charge in [-0.1, -0.05) is 12.2 Å². The minimum atomic E-state index is -0.409. The predicted octanol–water partition coefficient (Wildman–Crippen LogP) is 3.77. The molecule has 4 rings (SSSR count). The van der Waals surface area contributed by atoms with Gasteiger partial charge in [0.2, 0.25) is 17.7 Å². The summed E-state index contributed by atoms with van der Waals surface area (Å²) in [6.45, 7) is 2.26. The van der Waals surface area contributed by atoms with Crippen molar-refractivity contribution in [3.63, 3.8) is 0 Å². The highest BCUT2D eigenvalue weighted by molar-refractivity contribution is 6.08. The van der Waals surface area contributed by atoms with Crippen molar-refractivity contribution >= 4 is 23.4 Å². The zero-order valence-electron chi connectivity index (χ0n) is 17.2. The average Bonchev–Trinajstić information content (AvgIpc) is 3.02. The summed E-state index contributed by atoms with van der Waals surface area (Å²) in [4.78, 5) is 38.5. The van der Waals surface area contributed by atoms with Gasteiger partial charge in [0.1, 0.15) is 23.8 Å². The number of ether oxygens (including phenoxy) is 2. The van der Waals surface area contributed by atoms with Crippen molar-refractivity contribution in [1.82, 2.24) is 4.90 Å². The van der Waals surface area contributed by atoms with Gasteiger partial charge >= 0.3 is 0 Å². The zero-order valence-corrected chi connectivity index (χ0v) is 17.2. The second-order valence-corrected chi connectivity index (χ2v) is 7.50. The average molecular weight is 420 g/mol. The van der Waals surface area contributed by atoms with Crippen LogP contribution in [0.25, 0.3) is 0 Å². The van der Waals surface area contributed by atoms with Crippen LogP contribution in [0.5, 0.6) is 17.2 Å². The molecule has 0 bridgehead atoms. The van der Waals surface area contributed by atoms with Crippen LogP contribution >= 0.6 is 0 Å². The Morgan fingerprint density at radius 2 is 1.42 bits per heavy atom. The Bertz CT molecular complexity index is 972. The van der Waals surface area contributed by atoms with Crippen LogP contribution in [0.3, 0.4) is 0 Å². The van der Waals surface area contributed by atoms with E-state index in [0.29, 0.717) is 36.6 Å². The maximum absolute atomic E-state index is 12.5. The molecule has 1 saturated heterocycles. The lowest BCUT2D eigenvalue weighted by Crippen LogP contribution is -2.38. The van der Waals surface area contributed by atoms with E-state index in [0.717, 1.165) is 10.6 Å². The maximum Gasteiger partial charge on any atom is 0.244 e. The number of carbonyl (C=O) groups is 3. The molecular formula is C24H24N2O5. The highest BCUT2D eigenvalue weighted by Gasteiger charge is 2.47. The Kier molecular flexibility index (Phi) is 6.02. The molecule has 2 aromatic carbocycles. The van der Waals surface area contributed by atoms with Crippen LogP contribution in [0.15, 0.2) is 60.7 Å². The molecular weight excluding hydrogens is 396 g/mol. The van der Waals surface area contributed by atoms with Gasteiger partial charge in [0.25, 0.3) is 0 Å². The molecule has 31 heavy (non-hydrogen) atoms. The number of nitrogens with one attached hydrogen (secondary N) is 1. The van der Waals surface area contributed by atoms with Gasteiger partial charge < -0.3 is 14.8 Å². The van der Waals surface area contributed by atoms with E-state index in [4.69, 9.17) is 9.47 Å². The molecule has 2 atom stereocenters. The lowest BCUT2D eigenvalue weighted by Gasteiger charge is -2.14.